The second-order valence-electron chi connectivity index (χ2n) is 3.11. The molecule has 16 heavy (non-hydrogen) atoms. The minimum absolute atomic E-state index is 0.0179. The summed E-state index contributed by atoms with van der Waals surface area (Å²) in [7, 11) is 1.50. The molecular formula is C10H7BrN2O3. The molecule has 1 heterocycles. The number of fused-ring (bicyclic) bond motifs is 1. The molecule has 0 bridgehead atoms. The van der Waals surface area contributed by atoms with E-state index in [0.29, 0.717) is 11.4 Å². The van der Waals surface area contributed by atoms with Crippen molar-refractivity contribution in [2.75, 3.05) is 7.11 Å². The first-order valence-corrected chi connectivity index (χ1v) is 5.20. The van der Waals surface area contributed by atoms with Gasteiger partial charge in [-0.1, -0.05) is 0 Å². The summed E-state index contributed by atoms with van der Waals surface area (Å²) in [6.07, 6.45) is 0. The van der Waals surface area contributed by atoms with E-state index in [1.165, 1.54) is 19.2 Å². The maximum absolute atomic E-state index is 10.6. The molecule has 0 N–H and O–H groups in total. The number of halogens is 1. The highest BCUT2D eigenvalue weighted by atomic mass is 79.9. The molecule has 6 heteroatoms. The van der Waals surface area contributed by atoms with Crippen molar-refractivity contribution in [3.8, 4) is 5.88 Å². The van der Waals surface area contributed by atoms with Crippen LogP contribution in [0.1, 0.15) is 0 Å². The van der Waals surface area contributed by atoms with Crippen molar-refractivity contribution >= 4 is 32.5 Å². The van der Waals surface area contributed by atoms with E-state index in [2.05, 4.69) is 20.9 Å². The second kappa shape index (κ2) is 4.05. The number of nitrogens with zero attached hydrogens (tertiary/aromatic N) is 2. The lowest BCUT2D eigenvalue weighted by atomic mass is 10.2. The molecule has 0 saturated heterocycles. The molecule has 0 saturated carbocycles. The monoisotopic (exact) mass is 282 g/mol. The largest absolute Gasteiger partial charge is 0.480 e. The Labute approximate surface area is 99.3 Å². The quantitative estimate of drug-likeness (QED) is 0.628. The fraction of sp³-hybridized carbons (Fsp3) is 0.100. The lowest BCUT2D eigenvalue weighted by Crippen LogP contribution is -1.92. The lowest BCUT2D eigenvalue weighted by Gasteiger charge is -2.04. The Morgan fingerprint density at radius 3 is 2.81 bits per heavy atom. The van der Waals surface area contributed by atoms with Gasteiger partial charge in [-0.05, 0) is 28.1 Å². The average molecular weight is 283 g/mol. The predicted octanol–water partition coefficient (Wildman–Crippen LogP) is 2.91. The van der Waals surface area contributed by atoms with Gasteiger partial charge < -0.3 is 4.74 Å². The fourth-order valence-corrected chi connectivity index (χ4v) is 1.87. The van der Waals surface area contributed by atoms with Gasteiger partial charge in [0.05, 0.1) is 22.0 Å². The van der Waals surface area contributed by atoms with Gasteiger partial charge in [-0.15, -0.1) is 0 Å². The van der Waals surface area contributed by atoms with Gasteiger partial charge in [0.15, 0.2) is 0 Å². The minimum atomic E-state index is -0.449. The van der Waals surface area contributed by atoms with Crippen molar-refractivity contribution in [3.63, 3.8) is 0 Å². The summed E-state index contributed by atoms with van der Waals surface area (Å²) >= 11 is 3.30. The van der Waals surface area contributed by atoms with E-state index in [9.17, 15) is 10.1 Å². The van der Waals surface area contributed by atoms with Crippen LogP contribution in [0.15, 0.2) is 28.7 Å². The van der Waals surface area contributed by atoms with Crippen molar-refractivity contribution in [2.45, 2.75) is 0 Å². The van der Waals surface area contributed by atoms with Crippen LogP contribution in [-0.2, 0) is 0 Å². The van der Waals surface area contributed by atoms with Gasteiger partial charge in [0.2, 0.25) is 5.88 Å². The standard InChI is InChI=1S/C10H7BrN2O3/c1-16-10-8(11)4-6-2-3-7(13(14)15)5-9(6)12-10/h2-5H,1H3. The van der Waals surface area contributed by atoms with Gasteiger partial charge >= 0.3 is 0 Å². The van der Waals surface area contributed by atoms with Crippen molar-refractivity contribution in [1.29, 1.82) is 0 Å². The molecule has 0 radical (unpaired) electrons. The first-order valence-electron chi connectivity index (χ1n) is 4.40. The van der Waals surface area contributed by atoms with E-state index in [1.807, 2.05) is 6.07 Å². The number of hydrogen-bond acceptors (Lipinski definition) is 4. The summed E-state index contributed by atoms with van der Waals surface area (Å²) in [6, 6.07) is 6.34. The maximum atomic E-state index is 10.6. The van der Waals surface area contributed by atoms with Crippen LogP contribution in [0.2, 0.25) is 0 Å². The Hall–Kier alpha value is -1.69. The Morgan fingerprint density at radius 2 is 2.19 bits per heavy atom. The molecule has 1 aromatic carbocycles. The number of non-ortho nitro benzene ring substituents is 1. The third-order valence-electron chi connectivity index (χ3n) is 2.13. The first kappa shape index (κ1) is 10.8. The number of methoxy groups -OCH3 is 1. The third-order valence-corrected chi connectivity index (χ3v) is 2.69. The molecule has 0 fully saturated rings. The zero-order valence-corrected chi connectivity index (χ0v) is 9.89. The molecule has 0 amide bonds. The van der Waals surface area contributed by atoms with Crippen molar-refractivity contribution < 1.29 is 9.66 Å². The van der Waals surface area contributed by atoms with Crippen LogP contribution in [0.25, 0.3) is 10.9 Å². The Bertz CT molecular complexity index is 571. The van der Waals surface area contributed by atoms with Crippen LogP contribution in [0.4, 0.5) is 5.69 Å². The van der Waals surface area contributed by atoms with Crippen LogP contribution >= 0.6 is 15.9 Å². The highest BCUT2D eigenvalue weighted by Gasteiger charge is 2.09. The lowest BCUT2D eigenvalue weighted by molar-refractivity contribution is -0.384. The maximum Gasteiger partial charge on any atom is 0.271 e. The zero-order chi connectivity index (χ0) is 11.7. The van der Waals surface area contributed by atoms with Crippen molar-refractivity contribution in [2.24, 2.45) is 0 Å². The van der Waals surface area contributed by atoms with Gasteiger partial charge in [-0.3, -0.25) is 10.1 Å². The third kappa shape index (κ3) is 1.83. The molecule has 5 nitrogen and oxygen atoms in total. The molecule has 0 atom stereocenters. The topological polar surface area (TPSA) is 65.3 Å². The SMILES string of the molecule is COc1nc2cc([N+](=O)[O-])ccc2cc1Br. The first-order chi connectivity index (χ1) is 7.61. The summed E-state index contributed by atoms with van der Waals surface area (Å²) < 4.78 is 5.74. The van der Waals surface area contributed by atoms with E-state index in [1.54, 1.807) is 6.07 Å². The van der Waals surface area contributed by atoms with Gasteiger partial charge in [0.1, 0.15) is 0 Å². The Kier molecular flexibility index (Phi) is 2.74. The molecule has 0 aliphatic rings. The van der Waals surface area contributed by atoms with E-state index < -0.39 is 4.92 Å². The molecule has 0 spiro atoms. The van der Waals surface area contributed by atoms with Gasteiger partial charge in [-0.25, -0.2) is 4.98 Å². The number of rotatable bonds is 2. The molecule has 0 aliphatic heterocycles. The van der Waals surface area contributed by atoms with Crippen LogP contribution in [0.5, 0.6) is 5.88 Å². The fourth-order valence-electron chi connectivity index (χ4n) is 1.37. The number of nitro benzene ring substituents is 1. The number of aromatic nitrogens is 1. The molecular weight excluding hydrogens is 276 g/mol. The molecule has 0 unspecified atom stereocenters. The van der Waals surface area contributed by atoms with Gasteiger partial charge in [-0.2, -0.15) is 0 Å². The summed E-state index contributed by atoms with van der Waals surface area (Å²) in [6.45, 7) is 0. The summed E-state index contributed by atoms with van der Waals surface area (Å²) in [4.78, 5) is 14.3. The van der Waals surface area contributed by atoms with E-state index in [-0.39, 0.29) is 5.69 Å². The van der Waals surface area contributed by atoms with Crippen LogP contribution < -0.4 is 4.74 Å². The highest BCUT2D eigenvalue weighted by Crippen LogP contribution is 2.28. The number of ether oxygens (including phenoxy) is 1. The zero-order valence-electron chi connectivity index (χ0n) is 8.31. The number of nitro groups is 1. The van der Waals surface area contributed by atoms with Gasteiger partial charge in [0.25, 0.3) is 5.69 Å². The Morgan fingerprint density at radius 1 is 1.44 bits per heavy atom. The molecule has 2 aromatic rings. The van der Waals surface area contributed by atoms with Crippen LogP contribution in [0.3, 0.4) is 0 Å². The summed E-state index contributed by atoms with van der Waals surface area (Å²) in [5.41, 5.74) is 0.554. The normalized spacial score (nSPS) is 10.4. The van der Waals surface area contributed by atoms with Crippen molar-refractivity contribution in [1.82, 2.24) is 4.98 Å². The highest BCUT2D eigenvalue weighted by molar-refractivity contribution is 9.10. The van der Waals surface area contributed by atoms with E-state index in [4.69, 9.17) is 4.74 Å². The second-order valence-corrected chi connectivity index (χ2v) is 3.97. The van der Waals surface area contributed by atoms with Crippen LogP contribution in [-0.4, -0.2) is 17.0 Å². The molecule has 1 aromatic heterocycles. The molecule has 2 rings (SSSR count). The average Bonchev–Trinajstić information content (AvgIpc) is 2.27. The number of benzene rings is 1. The molecule has 82 valence electrons. The summed E-state index contributed by atoms with van der Waals surface area (Å²) in [5, 5.41) is 11.4. The van der Waals surface area contributed by atoms with E-state index >= 15 is 0 Å². The predicted molar refractivity (Wildman–Crippen MR) is 62.6 cm³/mol. The van der Waals surface area contributed by atoms with E-state index in [0.717, 1.165) is 9.86 Å². The smallest absolute Gasteiger partial charge is 0.271 e. The van der Waals surface area contributed by atoms with Crippen molar-refractivity contribution in [3.05, 3.63) is 38.9 Å². The van der Waals surface area contributed by atoms with Crippen LogP contribution in [0, 0.1) is 10.1 Å². The summed E-state index contributed by atoms with van der Waals surface area (Å²) in [5.74, 6) is 0.410. The van der Waals surface area contributed by atoms with Gasteiger partial charge in [0, 0.05) is 17.5 Å². The number of hydrogen-bond donors (Lipinski definition) is 0. The number of pyridine rings is 1. The Balaban J connectivity index is 2.68. The molecule has 0 aliphatic carbocycles. The minimum Gasteiger partial charge on any atom is -0.480 e.